The van der Waals surface area contributed by atoms with E-state index in [1.54, 1.807) is 0 Å². The molecule has 7 aromatic rings. The molecule has 0 saturated heterocycles. The van der Waals surface area contributed by atoms with Gasteiger partial charge in [0.1, 0.15) is 0 Å². The molecule has 0 aliphatic heterocycles. The monoisotopic (exact) mass is 485 g/mol. The Labute approximate surface area is 222 Å². The third-order valence-electron chi connectivity index (χ3n) is 9.75. The molecule has 0 saturated carbocycles. The molecule has 1 heterocycles. The summed E-state index contributed by atoms with van der Waals surface area (Å²) >= 11 is 0. The van der Waals surface area contributed by atoms with Crippen LogP contribution in [0.15, 0.2) is 91.0 Å². The number of benzene rings is 6. The summed E-state index contributed by atoms with van der Waals surface area (Å²) in [6.45, 7) is 9.46. The maximum Gasteiger partial charge on any atom is 0.0759 e. The lowest BCUT2D eigenvalue weighted by atomic mass is 9.79. The first-order valence-electron chi connectivity index (χ1n) is 13.7. The van der Waals surface area contributed by atoms with Crippen molar-refractivity contribution in [1.29, 1.82) is 0 Å². The Morgan fingerprint density at radius 1 is 0.500 bits per heavy atom. The lowest BCUT2D eigenvalue weighted by Crippen LogP contribution is -2.15. The highest BCUT2D eigenvalue weighted by molar-refractivity contribution is 6.29. The molecule has 0 fully saturated rings. The van der Waals surface area contributed by atoms with E-state index < -0.39 is 0 Å². The van der Waals surface area contributed by atoms with Crippen molar-refractivity contribution < 1.29 is 0 Å². The second-order valence-corrected chi connectivity index (χ2v) is 12.4. The zero-order valence-corrected chi connectivity index (χ0v) is 22.1. The fourth-order valence-corrected chi connectivity index (χ4v) is 7.80. The zero-order chi connectivity index (χ0) is 25.6. The van der Waals surface area contributed by atoms with E-state index in [2.05, 4.69) is 119 Å². The van der Waals surface area contributed by atoms with E-state index in [1.807, 2.05) is 0 Å². The molecule has 0 unspecified atom stereocenters. The second-order valence-electron chi connectivity index (χ2n) is 12.4. The Kier molecular flexibility index (Phi) is 3.51. The first-order chi connectivity index (χ1) is 18.4. The molecule has 0 spiro atoms. The predicted molar refractivity (Wildman–Crippen MR) is 161 cm³/mol. The number of rotatable bonds is 0. The third kappa shape index (κ3) is 2.24. The van der Waals surface area contributed by atoms with Crippen LogP contribution in [0.25, 0.3) is 65.6 Å². The van der Waals surface area contributed by atoms with Crippen LogP contribution in [-0.2, 0) is 10.8 Å². The van der Waals surface area contributed by atoms with Crippen LogP contribution in [0.5, 0.6) is 0 Å². The van der Waals surface area contributed by atoms with Gasteiger partial charge < -0.3 is 0 Å². The smallest absolute Gasteiger partial charge is 0.0759 e. The molecule has 9 rings (SSSR count). The van der Waals surface area contributed by atoms with Gasteiger partial charge in [-0.05, 0) is 90.0 Å². The van der Waals surface area contributed by atoms with Crippen molar-refractivity contribution in [1.82, 2.24) is 4.98 Å². The molecule has 0 amide bonds. The van der Waals surface area contributed by atoms with Crippen LogP contribution in [0.4, 0.5) is 0 Å². The van der Waals surface area contributed by atoms with Gasteiger partial charge in [-0.15, -0.1) is 0 Å². The molecule has 6 aromatic carbocycles. The van der Waals surface area contributed by atoms with Gasteiger partial charge in [0.2, 0.25) is 0 Å². The van der Waals surface area contributed by atoms with Crippen LogP contribution < -0.4 is 0 Å². The average Bonchev–Trinajstić information content (AvgIpc) is 3.29. The lowest BCUT2D eigenvalue weighted by Gasteiger charge is -2.24. The lowest BCUT2D eigenvalue weighted by molar-refractivity contribution is 0.661. The van der Waals surface area contributed by atoms with Crippen LogP contribution in [0.2, 0.25) is 0 Å². The van der Waals surface area contributed by atoms with Gasteiger partial charge in [0.15, 0.2) is 0 Å². The number of hydrogen-bond donors (Lipinski definition) is 0. The van der Waals surface area contributed by atoms with Crippen molar-refractivity contribution in [3.05, 3.63) is 113 Å². The number of para-hydroxylation sites is 1. The third-order valence-corrected chi connectivity index (χ3v) is 9.75. The Balaban J connectivity index is 1.46. The molecular formula is C37H27N. The number of pyridine rings is 1. The maximum absolute atomic E-state index is 5.28. The van der Waals surface area contributed by atoms with Gasteiger partial charge in [-0.1, -0.05) is 94.4 Å². The summed E-state index contributed by atoms with van der Waals surface area (Å²) in [6.07, 6.45) is 0. The molecule has 2 aliphatic carbocycles. The van der Waals surface area contributed by atoms with Crippen LogP contribution in [0, 0.1) is 0 Å². The highest BCUT2D eigenvalue weighted by atomic mass is 14.7. The van der Waals surface area contributed by atoms with Crippen molar-refractivity contribution in [3.8, 4) is 22.4 Å². The summed E-state index contributed by atoms with van der Waals surface area (Å²) < 4.78 is 0. The van der Waals surface area contributed by atoms with Crippen molar-refractivity contribution in [2.45, 2.75) is 38.5 Å². The summed E-state index contributed by atoms with van der Waals surface area (Å²) in [5.74, 6) is 0. The Morgan fingerprint density at radius 2 is 1.08 bits per heavy atom. The largest absolute Gasteiger partial charge is 0.247 e. The van der Waals surface area contributed by atoms with Crippen LogP contribution in [0.3, 0.4) is 0 Å². The first kappa shape index (κ1) is 20.8. The van der Waals surface area contributed by atoms with Crippen molar-refractivity contribution in [2.24, 2.45) is 0 Å². The van der Waals surface area contributed by atoms with E-state index in [-0.39, 0.29) is 10.8 Å². The first-order valence-corrected chi connectivity index (χ1v) is 13.7. The summed E-state index contributed by atoms with van der Waals surface area (Å²) in [7, 11) is 0. The molecule has 0 atom stereocenters. The van der Waals surface area contributed by atoms with E-state index in [4.69, 9.17) is 4.98 Å². The molecule has 0 radical (unpaired) electrons. The summed E-state index contributed by atoms with van der Waals surface area (Å²) in [5.41, 5.74) is 11.8. The fraction of sp³-hybridized carbons (Fsp3) is 0.162. The molecule has 0 bridgehead atoms. The highest BCUT2D eigenvalue weighted by Gasteiger charge is 2.40. The van der Waals surface area contributed by atoms with Gasteiger partial charge in [-0.2, -0.15) is 0 Å². The van der Waals surface area contributed by atoms with E-state index >= 15 is 0 Å². The quantitative estimate of drug-likeness (QED) is 0.195. The van der Waals surface area contributed by atoms with Crippen LogP contribution >= 0.6 is 0 Å². The van der Waals surface area contributed by atoms with Gasteiger partial charge in [0.05, 0.1) is 11.2 Å². The minimum absolute atomic E-state index is 0.00837. The van der Waals surface area contributed by atoms with E-state index in [1.165, 1.54) is 76.6 Å². The van der Waals surface area contributed by atoms with Gasteiger partial charge in [0, 0.05) is 21.8 Å². The zero-order valence-electron chi connectivity index (χ0n) is 22.1. The second kappa shape index (κ2) is 6.42. The molecular weight excluding hydrogens is 458 g/mol. The standard InChI is InChI=1S/C37H27N/c1-36(2)26-11-7-6-10-23(26)33-24-15-13-22-19-28-34(25-16-14-21(18-27(33)36)31(24)32(22)25)35-29(37(28,3)4)17-20-9-5-8-12-30(20)38-35/h5-19H,1-4H3. The van der Waals surface area contributed by atoms with Crippen molar-refractivity contribution in [3.63, 3.8) is 0 Å². The van der Waals surface area contributed by atoms with Crippen molar-refractivity contribution in [2.75, 3.05) is 0 Å². The molecule has 2 aliphatic rings. The predicted octanol–water partition coefficient (Wildman–Crippen LogP) is 9.74. The minimum Gasteiger partial charge on any atom is -0.247 e. The topological polar surface area (TPSA) is 12.9 Å². The minimum atomic E-state index is -0.101. The van der Waals surface area contributed by atoms with Gasteiger partial charge in [-0.3, -0.25) is 0 Å². The number of nitrogens with zero attached hydrogens (tertiary/aromatic N) is 1. The molecule has 180 valence electrons. The molecule has 1 heteroatoms. The molecule has 1 nitrogen and oxygen atoms in total. The number of aromatic nitrogens is 1. The Morgan fingerprint density at radius 3 is 1.84 bits per heavy atom. The number of fused-ring (bicyclic) bond motifs is 9. The van der Waals surface area contributed by atoms with Crippen molar-refractivity contribution >= 4 is 43.2 Å². The van der Waals surface area contributed by atoms with E-state index in [9.17, 15) is 0 Å². The maximum atomic E-state index is 5.28. The van der Waals surface area contributed by atoms with Crippen LogP contribution in [-0.4, -0.2) is 4.98 Å². The summed E-state index contributed by atoms with van der Waals surface area (Å²) in [6, 6.07) is 34.3. The Hall–Kier alpha value is -4.23. The summed E-state index contributed by atoms with van der Waals surface area (Å²) in [5, 5.41) is 9.34. The molecule has 0 N–H and O–H groups in total. The van der Waals surface area contributed by atoms with Crippen LogP contribution in [0.1, 0.15) is 49.9 Å². The van der Waals surface area contributed by atoms with Gasteiger partial charge in [0.25, 0.3) is 0 Å². The van der Waals surface area contributed by atoms with Gasteiger partial charge >= 0.3 is 0 Å². The fourth-order valence-electron chi connectivity index (χ4n) is 7.80. The normalized spacial score (nSPS) is 16.3. The average molecular weight is 486 g/mol. The molecule has 38 heavy (non-hydrogen) atoms. The summed E-state index contributed by atoms with van der Waals surface area (Å²) in [4.78, 5) is 5.28. The van der Waals surface area contributed by atoms with E-state index in [0.717, 1.165) is 11.2 Å². The Bertz CT molecular complexity index is 2180. The SMILES string of the molecule is CC1(C)c2ccccc2-c2c1cc1ccc3c4c(cc5ccc2c1c53)C(C)(C)c1cc2ccccc2nc1-4. The van der Waals surface area contributed by atoms with Gasteiger partial charge in [-0.25, -0.2) is 4.98 Å². The molecule has 1 aromatic heterocycles. The highest BCUT2D eigenvalue weighted by Crippen LogP contribution is 2.56. The number of hydrogen-bond acceptors (Lipinski definition) is 1. The van der Waals surface area contributed by atoms with E-state index in [0.29, 0.717) is 0 Å².